The standard InChI is InChI=1S/C9H12NO/c1-7-4-5-9(10(3)11)8(2)6-7/h4-6H,1-3H3/q-1. The van der Waals surface area contributed by atoms with E-state index in [4.69, 9.17) is 0 Å². The Hall–Kier alpha value is -1.02. The van der Waals surface area contributed by atoms with E-state index >= 15 is 0 Å². The van der Waals surface area contributed by atoms with Gasteiger partial charge in [-0.15, -0.1) is 0 Å². The van der Waals surface area contributed by atoms with E-state index in [1.165, 1.54) is 12.6 Å². The number of hydrogen-bond acceptors (Lipinski definition) is 2. The van der Waals surface area contributed by atoms with Gasteiger partial charge in [-0.2, -0.15) is 0 Å². The van der Waals surface area contributed by atoms with Crippen LogP contribution >= 0.6 is 0 Å². The smallest absolute Gasteiger partial charge is 0.0286 e. The zero-order chi connectivity index (χ0) is 8.43. The topological polar surface area (TPSA) is 26.3 Å². The molecule has 0 aliphatic rings. The van der Waals surface area contributed by atoms with Crippen molar-refractivity contribution in [2.75, 3.05) is 12.1 Å². The van der Waals surface area contributed by atoms with Crippen molar-refractivity contribution in [2.45, 2.75) is 13.8 Å². The summed E-state index contributed by atoms with van der Waals surface area (Å²) in [4.78, 5) is 0. The predicted octanol–water partition coefficient (Wildman–Crippen LogP) is 2.24. The van der Waals surface area contributed by atoms with Gasteiger partial charge in [-0.1, -0.05) is 17.7 Å². The van der Waals surface area contributed by atoms with Gasteiger partial charge in [0, 0.05) is 5.69 Å². The Morgan fingerprint density at radius 1 is 1.27 bits per heavy atom. The van der Waals surface area contributed by atoms with E-state index in [-0.39, 0.29) is 0 Å². The van der Waals surface area contributed by atoms with Crippen LogP contribution in [0.25, 0.3) is 0 Å². The summed E-state index contributed by atoms with van der Waals surface area (Å²) >= 11 is 0. The number of aryl methyl sites for hydroxylation is 2. The van der Waals surface area contributed by atoms with Crippen LogP contribution in [-0.4, -0.2) is 7.05 Å². The molecule has 0 amide bonds. The molecule has 0 unspecified atom stereocenters. The monoisotopic (exact) mass is 150 g/mol. The summed E-state index contributed by atoms with van der Waals surface area (Å²) in [5.74, 6) is 0. The predicted molar refractivity (Wildman–Crippen MR) is 47.7 cm³/mol. The molecule has 0 N–H and O–H groups in total. The first-order valence-corrected chi connectivity index (χ1v) is 3.59. The fourth-order valence-electron chi connectivity index (χ4n) is 1.16. The Labute approximate surface area is 67.0 Å². The molecule has 2 nitrogen and oxygen atoms in total. The van der Waals surface area contributed by atoms with Crippen LogP contribution in [0.3, 0.4) is 0 Å². The van der Waals surface area contributed by atoms with Crippen LogP contribution in [0.5, 0.6) is 0 Å². The number of hydroxylamine groups is 1. The van der Waals surface area contributed by atoms with Crippen LogP contribution in [0, 0.1) is 19.1 Å². The molecule has 0 saturated heterocycles. The van der Waals surface area contributed by atoms with Crippen LogP contribution in [0.1, 0.15) is 11.1 Å². The lowest BCUT2D eigenvalue weighted by Gasteiger charge is -2.26. The first-order chi connectivity index (χ1) is 5.11. The fourth-order valence-corrected chi connectivity index (χ4v) is 1.16. The molecule has 1 rings (SSSR count). The molecule has 0 heterocycles. The number of nitrogens with zero attached hydrogens (tertiary/aromatic N) is 1. The molecule has 0 aromatic heterocycles. The highest BCUT2D eigenvalue weighted by Crippen LogP contribution is 2.18. The van der Waals surface area contributed by atoms with Gasteiger partial charge >= 0.3 is 0 Å². The van der Waals surface area contributed by atoms with Crippen molar-refractivity contribution < 1.29 is 0 Å². The van der Waals surface area contributed by atoms with Crippen LogP contribution in [0.4, 0.5) is 5.69 Å². The lowest BCUT2D eigenvalue weighted by molar-refractivity contribution is 1.18. The van der Waals surface area contributed by atoms with Gasteiger partial charge in [0.05, 0.1) is 0 Å². The molecule has 60 valence electrons. The Morgan fingerprint density at radius 3 is 2.36 bits per heavy atom. The Morgan fingerprint density at radius 2 is 1.91 bits per heavy atom. The minimum absolute atomic E-state index is 0.746. The van der Waals surface area contributed by atoms with Crippen molar-refractivity contribution in [3.8, 4) is 0 Å². The maximum Gasteiger partial charge on any atom is 0.0286 e. The third-order valence-electron chi connectivity index (χ3n) is 1.69. The average Bonchev–Trinajstić information content (AvgIpc) is 1.85. The second-order valence-electron chi connectivity index (χ2n) is 2.79. The Bertz CT molecular complexity index is 256. The van der Waals surface area contributed by atoms with E-state index in [2.05, 4.69) is 0 Å². The summed E-state index contributed by atoms with van der Waals surface area (Å²) in [5, 5.41) is 11.8. The first kappa shape index (κ1) is 8.08. The van der Waals surface area contributed by atoms with E-state index in [0.717, 1.165) is 16.3 Å². The summed E-state index contributed by atoms with van der Waals surface area (Å²) in [6.45, 7) is 3.96. The van der Waals surface area contributed by atoms with Gasteiger partial charge in [0.1, 0.15) is 0 Å². The summed E-state index contributed by atoms with van der Waals surface area (Å²) in [6, 6.07) is 5.79. The molecule has 0 aliphatic heterocycles. The number of anilines is 1. The molecule has 0 fully saturated rings. The second-order valence-corrected chi connectivity index (χ2v) is 2.79. The maximum atomic E-state index is 10.9. The third kappa shape index (κ3) is 1.71. The molecule has 2 heteroatoms. The Kier molecular flexibility index (Phi) is 2.15. The lowest BCUT2D eigenvalue weighted by Crippen LogP contribution is -2.07. The third-order valence-corrected chi connectivity index (χ3v) is 1.69. The van der Waals surface area contributed by atoms with Gasteiger partial charge in [-0.05, 0) is 32.5 Å². The lowest BCUT2D eigenvalue weighted by atomic mass is 10.1. The molecular formula is C9H12NO-. The number of rotatable bonds is 1. The van der Waals surface area contributed by atoms with Crippen molar-refractivity contribution in [3.05, 3.63) is 34.5 Å². The van der Waals surface area contributed by atoms with E-state index < -0.39 is 0 Å². The molecular weight excluding hydrogens is 138 g/mol. The normalized spacial score (nSPS) is 9.82. The van der Waals surface area contributed by atoms with Crippen molar-refractivity contribution in [3.63, 3.8) is 0 Å². The van der Waals surface area contributed by atoms with Crippen molar-refractivity contribution in [1.29, 1.82) is 0 Å². The van der Waals surface area contributed by atoms with E-state index in [0.29, 0.717) is 0 Å². The van der Waals surface area contributed by atoms with Crippen molar-refractivity contribution in [1.82, 2.24) is 0 Å². The quantitative estimate of drug-likeness (QED) is 0.574. The van der Waals surface area contributed by atoms with E-state index in [9.17, 15) is 5.21 Å². The van der Waals surface area contributed by atoms with E-state index in [1.54, 1.807) is 0 Å². The van der Waals surface area contributed by atoms with Crippen LogP contribution in [0.15, 0.2) is 18.2 Å². The van der Waals surface area contributed by atoms with Gasteiger partial charge < -0.3 is 10.3 Å². The molecule has 11 heavy (non-hydrogen) atoms. The van der Waals surface area contributed by atoms with Crippen LogP contribution in [0.2, 0.25) is 0 Å². The van der Waals surface area contributed by atoms with Crippen molar-refractivity contribution >= 4 is 5.69 Å². The first-order valence-electron chi connectivity index (χ1n) is 3.59. The molecule has 0 atom stereocenters. The summed E-state index contributed by atoms with van der Waals surface area (Å²) in [6.07, 6.45) is 0. The van der Waals surface area contributed by atoms with Crippen LogP contribution in [-0.2, 0) is 0 Å². The molecule has 0 bridgehead atoms. The minimum Gasteiger partial charge on any atom is -0.758 e. The molecule has 1 aromatic carbocycles. The highest BCUT2D eigenvalue weighted by Gasteiger charge is 1.95. The second kappa shape index (κ2) is 2.93. The van der Waals surface area contributed by atoms with Gasteiger partial charge in [-0.25, -0.2) is 0 Å². The zero-order valence-corrected chi connectivity index (χ0v) is 7.09. The van der Waals surface area contributed by atoms with Gasteiger partial charge in [0.15, 0.2) is 0 Å². The van der Waals surface area contributed by atoms with Gasteiger partial charge in [0.2, 0.25) is 0 Å². The maximum absolute atomic E-state index is 10.9. The SMILES string of the molecule is Cc1ccc(N(C)[O-])c(C)c1. The average molecular weight is 150 g/mol. The van der Waals surface area contributed by atoms with Gasteiger partial charge in [0.25, 0.3) is 0 Å². The number of hydrogen-bond donors (Lipinski definition) is 0. The fraction of sp³-hybridized carbons (Fsp3) is 0.333. The number of benzene rings is 1. The largest absolute Gasteiger partial charge is 0.758 e. The zero-order valence-electron chi connectivity index (χ0n) is 7.09. The van der Waals surface area contributed by atoms with Crippen LogP contribution < -0.4 is 5.06 Å². The molecule has 0 spiro atoms. The molecule has 0 saturated carbocycles. The summed E-state index contributed by atoms with van der Waals surface area (Å²) < 4.78 is 0. The highest BCUT2D eigenvalue weighted by atomic mass is 16.5. The Balaban J connectivity index is 3.09. The van der Waals surface area contributed by atoms with E-state index in [1.807, 2.05) is 32.0 Å². The molecule has 0 aliphatic carbocycles. The molecule has 1 aromatic rings. The minimum atomic E-state index is 0.746. The highest BCUT2D eigenvalue weighted by molar-refractivity contribution is 5.54. The summed E-state index contributed by atoms with van der Waals surface area (Å²) in [5.41, 5.74) is 2.96. The van der Waals surface area contributed by atoms with Gasteiger partial charge in [-0.3, -0.25) is 0 Å². The van der Waals surface area contributed by atoms with Crippen molar-refractivity contribution in [2.24, 2.45) is 0 Å². The summed E-state index contributed by atoms with van der Waals surface area (Å²) in [7, 11) is 1.51. The molecule has 0 radical (unpaired) electrons.